The maximum absolute atomic E-state index is 12.5. The molecule has 168 valence electrons. The third kappa shape index (κ3) is 6.55. The molecule has 31 heavy (non-hydrogen) atoms. The third-order valence-electron chi connectivity index (χ3n) is 4.48. The van der Waals surface area contributed by atoms with Gasteiger partial charge >= 0.3 is 11.9 Å². The van der Waals surface area contributed by atoms with Crippen LogP contribution in [0.4, 0.5) is 5.00 Å². The average molecular weight is 448 g/mol. The number of ether oxygens (including phenoxy) is 3. The van der Waals surface area contributed by atoms with Crippen LogP contribution in [0.3, 0.4) is 0 Å². The zero-order chi connectivity index (χ0) is 23.0. The topological polar surface area (TPSA) is 90.9 Å². The molecule has 0 saturated carbocycles. The predicted molar refractivity (Wildman–Crippen MR) is 120 cm³/mol. The fourth-order valence-electron chi connectivity index (χ4n) is 3.01. The molecule has 2 rings (SSSR count). The van der Waals surface area contributed by atoms with E-state index in [4.69, 9.17) is 14.2 Å². The summed E-state index contributed by atoms with van der Waals surface area (Å²) in [6, 6.07) is 5.94. The first-order valence-corrected chi connectivity index (χ1v) is 11.1. The SMILES string of the molecule is CCOC(=O)c1sc(NC(=O)CCCOc2ccc(C)cc2C)c(C(=O)OCC)c1C. The highest BCUT2D eigenvalue weighted by Crippen LogP contribution is 2.34. The summed E-state index contributed by atoms with van der Waals surface area (Å²) in [5.41, 5.74) is 2.84. The van der Waals surface area contributed by atoms with Gasteiger partial charge in [0.2, 0.25) is 5.91 Å². The molecule has 0 aliphatic heterocycles. The molecule has 1 aromatic carbocycles. The first-order chi connectivity index (χ1) is 14.8. The van der Waals surface area contributed by atoms with Crippen LogP contribution in [0.1, 0.15) is 63.4 Å². The van der Waals surface area contributed by atoms with E-state index in [0.717, 1.165) is 28.2 Å². The summed E-state index contributed by atoms with van der Waals surface area (Å²) in [6.07, 6.45) is 0.710. The van der Waals surface area contributed by atoms with E-state index in [1.54, 1.807) is 20.8 Å². The van der Waals surface area contributed by atoms with Gasteiger partial charge in [0.25, 0.3) is 0 Å². The maximum Gasteiger partial charge on any atom is 0.348 e. The minimum absolute atomic E-state index is 0.187. The molecule has 0 saturated heterocycles. The molecule has 7 nitrogen and oxygen atoms in total. The first-order valence-electron chi connectivity index (χ1n) is 10.3. The second-order valence-corrected chi connectivity index (χ2v) is 7.99. The van der Waals surface area contributed by atoms with Crippen molar-refractivity contribution in [2.45, 2.75) is 47.5 Å². The van der Waals surface area contributed by atoms with Crippen LogP contribution in [0.2, 0.25) is 0 Å². The van der Waals surface area contributed by atoms with Gasteiger partial charge in [-0.3, -0.25) is 4.79 Å². The zero-order valence-electron chi connectivity index (χ0n) is 18.6. The van der Waals surface area contributed by atoms with Crippen molar-refractivity contribution in [3.8, 4) is 5.75 Å². The Morgan fingerprint density at radius 2 is 1.68 bits per heavy atom. The minimum atomic E-state index is -0.583. The number of hydrogen-bond acceptors (Lipinski definition) is 7. The Morgan fingerprint density at radius 3 is 2.32 bits per heavy atom. The van der Waals surface area contributed by atoms with Gasteiger partial charge in [-0.25, -0.2) is 9.59 Å². The van der Waals surface area contributed by atoms with Crippen LogP contribution in [0, 0.1) is 20.8 Å². The van der Waals surface area contributed by atoms with Gasteiger partial charge in [-0.1, -0.05) is 17.7 Å². The molecule has 0 aliphatic carbocycles. The van der Waals surface area contributed by atoms with E-state index in [-0.39, 0.29) is 36.0 Å². The number of aryl methyl sites for hydroxylation is 2. The van der Waals surface area contributed by atoms with Crippen molar-refractivity contribution in [1.82, 2.24) is 0 Å². The van der Waals surface area contributed by atoms with Crippen LogP contribution in [-0.2, 0) is 14.3 Å². The number of amides is 1. The van der Waals surface area contributed by atoms with Crippen LogP contribution < -0.4 is 10.1 Å². The second-order valence-electron chi connectivity index (χ2n) is 6.97. The molecular weight excluding hydrogens is 418 g/mol. The van der Waals surface area contributed by atoms with Gasteiger partial charge in [0.15, 0.2) is 0 Å². The van der Waals surface area contributed by atoms with Crippen LogP contribution >= 0.6 is 11.3 Å². The van der Waals surface area contributed by atoms with E-state index in [0.29, 0.717) is 23.6 Å². The maximum atomic E-state index is 12.5. The van der Waals surface area contributed by atoms with Gasteiger partial charge in [0.05, 0.1) is 25.4 Å². The molecule has 0 unspecified atom stereocenters. The monoisotopic (exact) mass is 447 g/mol. The van der Waals surface area contributed by atoms with E-state index in [2.05, 4.69) is 5.32 Å². The summed E-state index contributed by atoms with van der Waals surface area (Å²) < 4.78 is 15.9. The van der Waals surface area contributed by atoms with E-state index in [9.17, 15) is 14.4 Å². The Kier molecular flexibility index (Phi) is 9.05. The number of carbonyl (C=O) groups is 3. The lowest BCUT2D eigenvalue weighted by Crippen LogP contribution is -2.15. The van der Waals surface area contributed by atoms with Crippen molar-refractivity contribution in [2.75, 3.05) is 25.1 Å². The summed E-state index contributed by atoms with van der Waals surface area (Å²) >= 11 is 1.02. The number of carbonyl (C=O) groups excluding carboxylic acids is 3. The van der Waals surface area contributed by atoms with Gasteiger partial charge in [-0.2, -0.15) is 0 Å². The molecule has 1 heterocycles. The number of esters is 2. The summed E-state index contributed by atoms with van der Waals surface area (Å²) in [5, 5.41) is 3.03. The third-order valence-corrected chi connectivity index (χ3v) is 5.66. The molecule has 2 aromatic rings. The smallest absolute Gasteiger partial charge is 0.348 e. The van der Waals surface area contributed by atoms with Gasteiger partial charge in [0, 0.05) is 6.42 Å². The molecule has 1 amide bonds. The molecule has 0 aliphatic rings. The van der Waals surface area contributed by atoms with Gasteiger partial charge in [-0.05, 0) is 58.2 Å². The highest BCUT2D eigenvalue weighted by Gasteiger charge is 2.27. The van der Waals surface area contributed by atoms with Crippen LogP contribution in [0.15, 0.2) is 18.2 Å². The number of rotatable bonds is 10. The summed E-state index contributed by atoms with van der Waals surface area (Å²) in [4.78, 5) is 37.3. The minimum Gasteiger partial charge on any atom is -0.493 e. The molecule has 0 atom stereocenters. The van der Waals surface area contributed by atoms with Crippen LogP contribution in [0.5, 0.6) is 5.75 Å². The highest BCUT2D eigenvalue weighted by molar-refractivity contribution is 7.18. The Hall–Kier alpha value is -2.87. The quantitative estimate of drug-likeness (QED) is 0.415. The summed E-state index contributed by atoms with van der Waals surface area (Å²) in [6.45, 7) is 9.83. The van der Waals surface area contributed by atoms with Crippen molar-refractivity contribution in [2.24, 2.45) is 0 Å². The van der Waals surface area contributed by atoms with E-state index in [1.165, 1.54) is 0 Å². The van der Waals surface area contributed by atoms with Crippen molar-refractivity contribution >= 4 is 34.2 Å². The zero-order valence-corrected chi connectivity index (χ0v) is 19.4. The van der Waals surface area contributed by atoms with Crippen molar-refractivity contribution in [3.63, 3.8) is 0 Å². The fourth-order valence-corrected chi connectivity index (χ4v) is 4.11. The molecular formula is C23H29NO6S. The normalized spacial score (nSPS) is 10.5. The van der Waals surface area contributed by atoms with Gasteiger partial charge in [0.1, 0.15) is 15.6 Å². The molecule has 8 heteroatoms. The Bertz CT molecular complexity index is 950. The van der Waals surface area contributed by atoms with E-state index >= 15 is 0 Å². The van der Waals surface area contributed by atoms with Crippen LogP contribution in [-0.4, -0.2) is 37.7 Å². The molecule has 0 fully saturated rings. The molecule has 0 radical (unpaired) electrons. The van der Waals surface area contributed by atoms with Crippen molar-refractivity contribution in [3.05, 3.63) is 45.3 Å². The van der Waals surface area contributed by atoms with Crippen LogP contribution in [0.25, 0.3) is 0 Å². The van der Waals surface area contributed by atoms with Crippen molar-refractivity contribution in [1.29, 1.82) is 0 Å². The number of hydrogen-bond donors (Lipinski definition) is 1. The number of nitrogens with one attached hydrogen (secondary N) is 1. The first kappa shape index (κ1) is 24.4. The molecule has 0 spiro atoms. The number of benzene rings is 1. The molecule has 1 aromatic heterocycles. The van der Waals surface area contributed by atoms with Crippen molar-refractivity contribution < 1.29 is 28.6 Å². The average Bonchev–Trinajstić information content (AvgIpc) is 3.03. The highest BCUT2D eigenvalue weighted by atomic mass is 32.1. The summed E-state index contributed by atoms with van der Waals surface area (Å²) in [7, 11) is 0. The lowest BCUT2D eigenvalue weighted by Gasteiger charge is -2.10. The predicted octanol–water partition coefficient (Wildman–Crippen LogP) is 4.82. The lowest BCUT2D eigenvalue weighted by atomic mass is 10.1. The van der Waals surface area contributed by atoms with E-state index in [1.807, 2.05) is 32.0 Å². The number of thiophene rings is 1. The molecule has 1 N–H and O–H groups in total. The Labute approximate surface area is 186 Å². The van der Waals surface area contributed by atoms with E-state index < -0.39 is 11.9 Å². The second kappa shape index (κ2) is 11.5. The molecule has 0 bridgehead atoms. The Morgan fingerprint density at radius 1 is 1.00 bits per heavy atom. The standard InChI is InChI=1S/C23H29NO6S/c1-6-28-22(26)19-16(5)20(23(27)29-7-2)31-21(19)24-18(25)9-8-12-30-17-11-10-14(3)13-15(17)4/h10-11,13H,6-9,12H2,1-5H3,(H,24,25). The lowest BCUT2D eigenvalue weighted by molar-refractivity contribution is -0.116. The Balaban J connectivity index is 2.02. The van der Waals surface area contributed by atoms with Gasteiger partial charge < -0.3 is 19.5 Å². The largest absolute Gasteiger partial charge is 0.493 e. The number of anilines is 1. The van der Waals surface area contributed by atoms with Gasteiger partial charge in [-0.15, -0.1) is 11.3 Å². The summed E-state index contributed by atoms with van der Waals surface area (Å²) in [5.74, 6) is -0.590. The fraction of sp³-hybridized carbons (Fsp3) is 0.435.